The Bertz CT molecular complexity index is 251. The lowest BCUT2D eigenvalue weighted by atomic mass is 10.1. The molecule has 0 aromatic carbocycles. The van der Waals surface area contributed by atoms with Gasteiger partial charge < -0.3 is 10.2 Å². The summed E-state index contributed by atoms with van der Waals surface area (Å²) in [6.07, 6.45) is 2.14. The zero-order valence-electron chi connectivity index (χ0n) is 10.6. The van der Waals surface area contributed by atoms with Crippen molar-refractivity contribution in [1.29, 1.82) is 0 Å². The van der Waals surface area contributed by atoms with Crippen molar-refractivity contribution in [3.63, 3.8) is 0 Å². The van der Waals surface area contributed by atoms with Gasteiger partial charge in [-0.3, -0.25) is 9.69 Å². The van der Waals surface area contributed by atoms with Gasteiger partial charge in [-0.2, -0.15) is 0 Å². The van der Waals surface area contributed by atoms with Gasteiger partial charge in [0.1, 0.15) is 0 Å². The largest absolute Gasteiger partial charge is 0.338 e. The standard InChI is InChI=1S/C12H23N3O/c1-9-7-15(8-10(2)14(9)3)12(16)11-5-4-6-13-11/h9-11,13H,4-8H2,1-3H3/t9?,10?,11-/m1/s1. The molecule has 16 heavy (non-hydrogen) atoms. The molecule has 0 saturated carbocycles. The summed E-state index contributed by atoms with van der Waals surface area (Å²) in [6.45, 7) is 7.13. The van der Waals surface area contributed by atoms with E-state index in [-0.39, 0.29) is 6.04 Å². The number of carbonyl (C=O) groups is 1. The van der Waals surface area contributed by atoms with Gasteiger partial charge >= 0.3 is 0 Å². The average molecular weight is 225 g/mol. The fourth-order valence-corrected chi connectivity index (χ4v) is 2.70. The average Bonchev–Trinajstić information content (AvgIpc) is 2.77. The van der Waals surface area contributed by atoms with Crippen molar-refractivity contribution >= 4 is 5.91 Å². The predicted octanol–water partition coefficient (Wildman–Crippen LogP) is 0.289. The first kappa shape index (κ1) is 11.9. The summed E-state index contributed by atoms with van der Waals surface area (Å²) in [7, 11) is 2.14. The summed E-state index contributed by atoms with van der Waals surface area (Å²) in [4.78, 5) is 16.6. The zero-order chi connectivity index (χ0) is 11.7. The minimum atomic E-state index is 0.0859. The van der Waals surface area contributed by atoms with E-state index in [2.05, 4.69) is 31.1 Å². The Labute approximate surface area is 98.0 Å². The Morgan fingerprint density at radius 2 is 1.88 bits per heavy atom. The Balaban J connectivity index is 1.96. The Morgan fingerprint density at radius 3 is 2.38 bits per heavy atom. The minimum Gasteiger partial charge on any atom is -0.338 e. The van der Waals surface area contributed by atoms with E-state index in [1.54, 1.807) is 0 Å². The minimum absolute atomic E-state index is 0.0859. The van der Waals surface area contributed by atoms with Gasteiger partial charge in [-0.1, -0.05) is 0 Å². The molecule has 0 aromatic heterocycles. The number of rotatable bonds is 1. The lowest BCUT2D eigenvalue weighted by molar-refractivity contribution is -0.137. The molecular formula is C12H23N3O. The lowest BCUT2D eigenvalue weighted by Crippen LogP contribution is -2.58. The monoisotopic (exact) mass is 225 g/mol. The molecule has 92 valence electrons. The molecule has 2 rings (SSSR count). The van der Waals surface area contributed by atoms with Crippen LogP contribution in [0.15, 0.2) is 0 Å². The van der Waals surface area contributed by atoms with E-state index in [0.717, 1.165) is 32.5 Å². The van der Waals surface area contributed by atoms with Crippen molar-refractivity contribution in [2.75, 3.05) is 26.7 Å². The first-order valence-corrected chi connectivity index (χ1v) is 6.33. The number of piperazine rings is 1. The molecule has 0 spiro atoms. The molecule has 4 heteroatoms. The van der Waals surface area contributed by atoms with Crippen LogP contribution in [-0.4, -0.2) is 60.5 Å². The Kier molecular flexibility index (Phi) is 3.50. The van der Waals surface area contributed by atoms with Crippen molar-refractivity contribution in [2.24, 2.45) is 0 Å². The van der Waals surface area contributed by atoms with Crippen LogP contribution >= 0.6 is 0 Å². The summed E-state index contributed by atoms with van der Waals surface area (Å²) in [6, 6.07) is 1.02. The SMILES string of the molecule is CC1CN(C(=O)[C@H]2CCCN2)CC(C)N1C. The van der Waals surface area contributed by atoms with Gasteiger partial charge in [0.15, 0.2) is 0 Å². The van der Waals surface area contributed by atoms with Gasteiger partial charge in [0.25, 0.3) is 0 Å². The number of nitrogens with one attached hydrogen (secondary N) is 1. The smallest absolute Gasteiger partial charge is 0.239 e. The van der Waals surface area contributed by atoms with Crippen LogP contribution in [-0.2, 0) is 4.79 Å². The third-order valence-electron chi connectivity index (χ3n) is 4.03. The summed E-state index contributed by atoms with van der Waals surface area (Å²) in [5, 5.41) is 3.29. The lowest BCUT2D eigenvalue weighted by Gasteiger charge is -2.43. The maximum Gasteiger partial charge on any atom is 0.239 e. The van der Waals surface area contributed by atoms with Crippen molar-refractivity contribution in [1.82, 2.24) is 15.1 Å². The topological polar surface area (TPSA) is 35.6 Å². The summed E-state index contributed by atoms with van der Waals surface area (Å²) < 4.78 is 0. The van der Waals surface area contributed by atoms with Gasteiger partial charge in [-0.05, 0) is 40.3 Å². The fraction of sp³-hybridized carbons (Fsp3) is 0.917. The van der Waals surface area contributed by atoms with E-state index >= 15 is 0 Å². The first-order chi connectivity index (χ1) is 7.59. The Morgan fingerprint density at radius 1 is 1.25 bits per heavy atom. The number of carbonyl (C=O) groups excluding carboxylic acids is 1. The molecular weight excluding hydrogens is 202 g/mol. The third kappa shape index (κ3) is 2.23. The fourth-order valence-electron chi connectivity index (χ4n) is 2.70. The van der Waals surface area contributed by atoms with Crippen LogP contribution < -0.4 is 5.32 Å². The highest BCUT2D eigenvalue weighted by molar-refractivity contribution is 5.82. The molecule has 2 aliphatic heterocycles. The molecule has 2 heterocycles. The number of amides is 1. The molecule has 1 amide bonds. The quantitative estimate of drug-likeness (QED) is 0.697. The second-order valence-corrected chi connectivity index (χ2v) is 5.26. The maximum atomic E-state index is 12.2. The molecule has 2 aliphatic rings. The summed E-state index contributed by atoms with van der Waals surface area (Å²) in [5.41, 5.74) is 0. The van der Waals surface area contributed by atoms with Gasteiger partial charge in [0, 0.05) is 25.2 Å². The van der Waals surface area contributed by atoms with Gasteiger partial charge in [0.2, 0.25) is 5.91 Å². The maximum absolute atomic E-state index is 12.2. The van der Waals surface area contributed by atoms with E-state index in [1.807, 2.05) is 4.90 Å². The van der Waals surface area contributed by atoms with Crippen LogP contribution in [0.3, 0.4) is 0 Å². The van der Waals surface area contributed by atoms with Crippen molar-refractivity contribution < 1.29 is 4.79 Å². The second-order valence-electron chi connectivity index (χ2n) is 5.26. The van der Waals surface area contributed by atoms with Crippen LogP contribution in [0.2, 0.25) is 0 Å². The van der Waals surface area contributed by atoms with Crippen molar-refractivity contribution in [3.05, 3.63) is 0 Å². The van der Waals surface area contributed by atoms with Crippen LogP contribution in [0.1, 0.15) is 26.7 Å². The van der Waals surface area contributed by atoms with Crippen LogP contribution in [0.4, 0.5) is 0 Å². The van der Waals surface area contributed by atoms with E-state index in [4.69, 9.17) is 0 Å². The number of likely N-dealkylation sites (N-methyl/N-ethyl adjacent to an activating group) is 1. The highest BCUT2D eigenvalue weighted by Gasteiger charge is 2.33. The number of hydrogen-bond donors (Lipinski definition) is 1. The van der Waals surface area contributed by atoms with E-state index in [9.17, 15) is 4.79 Å². The van der Waals surface area contributed by atoms with Crippen LogP contribution in [0.25, 0.3) is 0 Å². The van der Waals surface area contributed by atoms with Crippen molar-refractivity contribution in [3.8, 4) is 0 Å². The zero-order valence-corrected chi connectivity index (χ0v) is 10.6. The molecule has 3 atom stereocenters. The normalized spacial score (nSPS) is 36.7. The van der Waals surface area contributed by atoms with Gasteiger partial charge in [-0.25, -0.2) is 0 Å². The molecule has 2 saturated heterocycles. The molecule has 0 aromatic rings. The van der Waals surface area contributed by atoms with Gasteiger partial charge in [0.05, 0.1) is 6.04 Å². The third-order valence-corrected chi connectivity index (χ3v) is 4.03. The molecule has 2 fully saturated rings. The highest BCUT2D eigenvalue weighted by atomic mass is 16.2. The van der Waals surface area contributed by atoms with Crippen molar-refractivity contribution in [2.45, 2.75) is 44.8 Å². The van der Waals surface area contributed by atoms with E-state index in [1.165, 1.54) is 0 Å². The van der Waals surface area contributed by atoms with E-state index < -0.39 is 0 Å². The van der Waals surface area contributed by atoms with Crippen LogP contribution in [0, 0.1) is 0 Å². The summed E-state index contributed by atoms with van der Waals surface area (Å²) in [5.74, 6) is 0.310. The molecule has 4 nitrogen and oxygen atoms in total. The summed E-state index contributed by atoms with van der Waals surface area (Å²) >= 11 is 0. The molecule has 2 unspecified atom stereocenters. The highest BCUT2D eigenvalue weighted by Crippen LogP contribution is 2.16. The van der Waals surface area contributed by atoms with Gasteiger partial charge in [-0.15, -0.1) is 0 Å². The first-order valence-electron chi connectivity index (χ1n) is 6.33. The molecule has 1 N–H and O–H groups in total. The predicted molar refractivity (Wildman–Crippen MR) is 64.3 cm³/mol. The molecule has 0 bridgehead atoms. The Hall–Kier alpha value is -0.610. The van der Waals surface area contributed by atoms with Crippen LogP contribution in [0.5, 0.6) is 0 Å². The van der Waals surface area contributed by atoms with E-state index in [0.29, 0.717) is 18.0 Å². The second kappa shape index (κ2) is 4.72. The number of nitrogens with zero attached hydrogens (tertiary/aromatic N) is 2. The molecule has 0 aliphatic carbocycles. The number of hydrogen-bond acceptors (Lipinski definition) is 3. The molecule has 0 radical (unpaired) electrons.